The molecular formula is C20H26N4O3. The molecule has 1 atom stereocenters. The summed E-state index contributed by atoms with van der Waals surface area (Å²) in [7, 11) is 0. The van der Waals surface area contributed by atoms with Crippen molar-refractivity contribution in [3.05, 3.63) is 47.3 Å². The summed E-state index contributed by atoms with van der Waals surface area (Å²) < 4.78 is 11.4. The van der Waals surface area contributed by atoms with Crippen LogP contribution in [0.15, 0.2) is 30.6 Å². The van der Waals surface area contributed by atoms with E-state index in [-0.39, 0.29) is 12.7 Å². The van der Waals surface area contributed by atoms with Crippen LogP contribution in [0.25, 0.3) is 0 Å². The van der Waals surface area contributed by atoms with E-state index in [4.69, 9.17) is 9.47 Å². The van der Waals surface area contributed by atoms with Crippen LogP contribution >= 0.6 is 0 Å². The van der Waals surface area contributed by atoms with Crippen molar-refractivity contribution in [1.82, 2.24) is 14.9 Å². The van der Waals surface area contributed by atoms with Crippen LogP contribution in [-0.2, 0) is 24.4 Å². The van der Waals surface area contributed by atoms with Gasteiger partial charge in [-0.2, -0.15) is 0 Å². The lowest BCUT2D eigenvalue weighted by atomic mass is 10.1. The van der Waals surface area contributed by atoms with E-state index in [1.807, 2.05) is 30.6 Å². The van der Waals surface area contributed by atoms with Gasteiger partial charge in [0.25, 0.3) is 0 Å². The summed E-state index contributed by atoms with van der Waals surface area (Å²) in [6.07, 6.45) is 6.26. The summed E-state index contributed by atoms with van der Waals surface area (Å²) in [5.41, 5.74) is 3.08. The molecule has 0 amide bonds. The third-order valence-electron chi connectivity index (χ3n) is 4.99. The van der Waals surface area contributed by atoms with Crippen molar-refractivity contribution in [2.75, 3.05) is 31.6 Å². The molecule has 0 unspecified atom stereocenters. The third-order valence-corrected chi connectivity index (χ3v) is 4.99. The van der Waals surface area contributed by atoms with Crippen LogP contribution in [-0.4, -0.2) is 52.4 Å². The molecule has 0 aliphatic carbocycles. The number of anilines is 1. The molecule has 2 aromatic rings. The highest BCUT2D eigenvalue weighted by atomic mass is 16.5. The van der Waals surface area contributed by atoms with Gasteiger partial charge in [-0.15, -0.1) is 0 Å². The molecule has 1 saturated heterocycles. The van der Waals surface area contributed by atoms with Gasteiger partial charge in [-0.1, -0.05) is 6.07 Å². The fourth-order valence-electron chi connectivity index (χ4n) is 3.53. The van der Waals surface area contributed by atoms with E-state index < -0.39 is 0 Å². The summed E-state index contributed by atoms with van der Waals surface area (Å²) in [5, 5.41) is 12.6. The van der Waals surface area contributed by atoms with E-state index >= 15 is 0 Å². The van der Waals surface area contributed by atoms with Gasteiger partial charge in [0, 0.05) is 56.3 Å². The smallest absolute Gasteiger partial charge is 0.222 e. The van der Waals surface area contributed by atoms with Crippen LogP contribution in [0.4, 0.5) is 5.95 Å². The van der Waals surface area contributed by atoms with Gasteiger partial charge in [-0.3, -0.25) is 4.90 Å². The number of rotatable bonds is 6. The highest BCUT2D eigenvalue weighted by Gasteiger charge is 2.17. The maximum absolute atomic E-state index is 9.36. The van der Waals surface area contributed by atoms with E-state index in [0.29, 0.717) is 12.6 Å². The van der Waals surface area contributed by atoms with Crippen LogP contribution in [0.1, 0.15) is 29.5 Å². The van der Waals surface area contributed by atoms with Crippen molar-refractivity contribution in [3.63, 3.8) is 0 Å². The molecule has 1 fully saturated rings. The van der Waals surface area contributed by atoms with E-state index in [9.17, 15) is 5.11 Å². The quantitative estimate of drug-likeness (QED) is 0.804. The monoisotopic (exact) mass is 370 g/mol. The van der Waals surface area contributed by atoms with Gasteiger partial charge in [-0.05, 0) is 30.5 Å². The lowest BCUT2D eigenvalue weighted by Crippen LogP contribution is -2.25. The summed E-state index contributed by atoms with van der Waals surface area (Å²) in [6, 6.07) is 5.87. The number of fused-ring (bicyclic) bond motifs is 1. The van der Waals surface area contributed by atoms with Gasteiger partial charge in [0.2, 0.25) is 5.95 Å². The number of ether oxygens (including phenoxy) is 2. The van der Waals surface area contributed by atoms with E-state index in [1.165, 1.54) is 0 Å². The second kappa shape index (κ2) is 8.65. The van der Waals surface area contributed by atoms with E-state index in [0.717, 1.165) is 68.1 Å². The lowest BCUT2D eigenvalue weighted by Gasteiger charge is -2.19. The first-order valence-corrected chi connectivity index (χ1v) is 9.54. The first kappa shape index (κ1) is 18.2. The van der Waals surface area contributed by atoms with Crippen LogP contribution in [0.3, 0.4) is 0 Å². The minimum absolute atomic E-state index is 0.0431. The molecule has 0 bridgehead atoms. The van der Waals surface area contributed by atoms with Crippen LogP contribution in [0, 0.1) is 0 Å². The number of hydrogen-bond acceptors (Lipinski definition) is 7. The molecule has 0 saturated carbocycles. The molecule has 0 spiro atoms. The highest BCUT2D eigenvalue weighted by Crippen LogP contribution is 2.25. The normalized spacial score (nSPS) is 20.0. The Hall–Kier alpha value is -2.22. The number of nitrogens with one attached hydrogen (secondary N) is 1. The molecule has 7 nitrogen and oxygen atoms in total. The zero-order valence-corrected chi connectivity index (χ0v) is 15.4. The van der Waals surface area contributed by atoms with Crippen LogP contribution < -0.4 is 10.1 Å². The molecule has 7 heteroatoms. The molecule has 2 N–H and O–H groups in total. The summed E-state index contributed by atoms with van der Waals surface area (Å²) in [5.74, 6) is 1.55. The first-order valence-electron chi connectivity index (χ1n) is 9.54. The highest BCUT2D eigenvalue weighted by molar-refractivity contribution is 5.37. The molecular weight excluding hydrogens is 344 g/mol. The van der Waals surface area contributed by atoms with E-state index in [1.54, 1.807) is 0 Å². The largest absolute Gasteiger partial charge is 0.492 e. The van der Waals surface area contributed by atoms with Gasteiger partial charge in [0.15, 0.2) is 0 Å². The van der Waals surface area contributed by atoms with Crippen LogP contribution in [0.2, 0.25) is 0 Å². The standard InChI is InChI=1S/C20H26N4O3/c25-14-15-3-4-19-17(8-15)13-24(5-7-27-19)12-16-9-21-20(22-10-16)23-11-18-2-1-6-26-18/h3-4,8-10,18,25H,1-2,5-7,11-14H2,(H,21,22,23)/t18-/m1/s1. The van der Waals surface area contributed by atoms with Crippen molar-refractivity contribution in [2.24, 2.45) is 0 Å². The number of nitrogens with zero attached hydrogens (tertiary/aromatic N) is 3. The predicted molar refractivity (Wildman–Crippen MR) is 101 cm³/mol. The number of aromatic nitrogens is 2. The molecule has 4 rings (SSSR count). The Morgan fingerprint density at radius 1 is 1.19 bits per heavy atom. The van der Waals surface area contributed by atoms with Gasteiger partial charge < -0.3 is 19.9 Å². The number of aliphatic hydroxyl groups is 1. The third kappa shape index (κ3) is 4.74. The molecule has 3 heterocycles. The number of hydrogen-bond donors (Lipinski definition) is 2. The minimum atomic E-state index is 0.0431. The van der Waals surface area contributed by atoms with E-state index in [2.05, 4.69) is 20.2 Å². The van der Waals surface area contributed by atoms with Gasteiger partial charge in [0.05, 0.1) is 12.7 Å². The molecule has 1 aromatic heterocycles. The first-order chi connectivity index (χ1) is 13.3. The summed E-state index contributed by atoms with van der Waals surface area (Å²) in [6.45, 7) is 4.68. The average molecular weight is 370 g/mol. The molecule has 1 aromatic carbocycles. The Kier molecular flexibility index (Phi) is 5.81. The average Bonchev–Trinajstić information content (AvgIpc) is 3.14. The maximum Gasteiger partial charge on any atom is 0.222 e. The number of aliphatic hydroxyl groups excluding tert-OH is 1. The Morgan fingerprint density at radius 2 is 2.07 bits per heavy atom. The Bertz CT molecular complexity index is 747. The minimum Gasteiger partial charge on any atom is -0.492 e. The molecule has 144 valence electrons. The Labute approximate surface area is 159 Å². The van der Waals surface area contributed by atoms with Gasteiger partial charge in [-0.25, -0.2) is 9.97 Å². The second-order valence-corrected chi connectivity index (χ2v) is 7.09. The van der Waals surface area contributed by atoms with Crippen molar-refractivity contribution in [2.45, 2.75) is 38.6 Å². The molecule has 2 aliphatic rings. The fourth-order valence-corrected chi connectivity index (χ4v) is 3.53. The second-order valence-electron chi connectivity index (χ2n) is 7.09. The predicted octanol–water partition coefficient (Wildman–Crippen LogP) is 1.95. The molecule has 2 aliphatic heterocycles. The van der Waals surface area contributed by atoms with Crippen molar-refractivity contribution in [3.8, 4) is 5.75 Å². The summed E-state index contributed by atoms with van der Waals surface area (Å²) in [4.78, 5) is 11.2. The topological polar surface area (TPSA) is 79.7 Å². The molecule has 0 radical (unpaired) electrons. The zero-order chi connectivity index (χ0) is 18.5. The Balaban J connectivity index is 1.35. The summed E-state index contributed by atoms with van der Waals surface area (Å²) >= 11 is 0. The lowest BCUT2D eigenvalue weighted by molar-refractivity contribution is 0.120. The van der Waals surface area contributed by atoms with Gasteiger partial charge in [0.1, 0.15) is 12.4 Å². The van der Waals surface area contributed by atoms with Crippen LogP contribution in [0.5, 0.6) is 5.75 Å². The number of benzene rings is 1. The maximum atomic E-state index is 9.36. The van der Waals surface area contributed by atoms with Crippen molar-refractivity contribution < 1.29 is 14.6 Å². The Morgan fingerprint density at radius 3 is 2.85 bits per heavy atom. The van der Waals surface area contributed by atoms with Crippen molar-refractivity contribution >= 4 is 5.95 Å². The molecule has 27 heavy (non-hydrogen) atoms. The SMILES string of the molecule is OCc1ccc2c(c1)CN(Cc1cnc(NC[C@H]3CCCO3)nc1)CCO2. The fraction of sp³-hybridized carbons (Fsp3) is 0.500. The van der Waals surface area contributed by atoms with Crippen molar-refractivity contribution in [1.29, 1.82) is 0 Å². The van der Waals surface area contributed by atoms with Gasteiger partial charge >= 0.3 is 0 Å². The zero-order valence-electron chi connectivity index (χ0n) is 15.4.